The van der Waals surface area contributed by atoms with E-state index in [1.54, 1.807) is 19.2 Å². The number of unbranched alkanes of at least 4 members (excludes halogenated alkanes) is 1. The molecule has 0 spiro atoms. The maximum absolute atomic E-state index is 12.6. The molecule has 0 radical (unpaired) electrons. The standard InChI is InChI=1S/C21H35N3O3S/c1-4-16-23(2)17-8-9-18-27-21-14-12-20(13-15-21)24(3)28(25,26)22-19-10-6-5-7-11-19/h4-7,10-11,20-22H,1,8-9,12-18H2,2-3H3. The van der Waals surface area contributed by atoms with Crippen molar-refractivity contribution in [2.45, 2.75) is 50.7 Å². The van der Waals surface area contributed by atoms with Gasteiger partial charge in [0.1, 0.15) is 0 Å². The molecule has 7 heteroatoms. The molecule has 158 valence electrons. The van der Waals surface area contributed by atoms with Crippen LogP contribution in [0.2, 0.25) is 0 Å². The van der Waals surface area contributed by atoms with Gasteiger partial charge in [-0.25, -0.2) is 0 Å². The largest absolute Gasteiger partial charge is 0.378 e. The lowest BCUT2D eigenvalue weighted by atomic mass is 9.93. The van der Waals surface area contributed by atoms with Crippen molar-refractivity contribution < 1.29 is 13.2 Å². The molecule has 0 heterocycles. The molecule has 0 atom stereocenters. The van der Waals surface area contributed by atoms with E-state index in [1.807, 2.05) is 24.3 Å². The highest BCUT2D eigenvalue weighted by molar-refractivity contribution is 7.90. The molecule has 0 aromatic heterocycles. The fourth-order valence-corrected chi connectivity index (χ4v) is 4.73. The van der Waals surface area contributed by atoms with Crippen LogP contribution in [0.1, 0.15) is 38.5 Å². The average molecular weight is 410 g/mol. The second-order valence-corrected chi connectivity index (χ2v) is 9.28. The smallest absolute Gasteiger partial charge is 0.301 e. The number of benzene rings is 1. The van der Waals surface area contributed by atoms with Crippen LogP contribution < -0.4 is 4.72 Å². The van der Waals surface area contributed by atoms with Gasteiger partial charge < -0.3 is 9.64 Å². The fraction of sp³-hybridized carbons (Fsp3) is 0.619. The molecule has 0 amide bonds. The number of nitrogens with zero attached hydrogens (tertiary/aromatic N) is 2. The minimum absolute atomic E-state index is 0.0219. The number of likely N-dealkylation sites (N-methyl/N-ethyl adjacent to an activating group) is 1. The van der Waals surface area contributed by atoms with Gasteiger partial charge in [0.2, 0.25) is 0 Å². The highest BCUT2D eigenvalue weighted by Gasteiger charge is 2.30. The number of hydrogen-bond acceptors (Lipinski definition) is 4. The van der Waals surface area contributed by atoms with E-state index in [0.29, 0.717) is 5.69 Å². The Balaban J connectivity index is 1.67. The highest BCUT2D eigenvalue weighted by atomic mass is 32.2. The third kappa shape index (κ3) is 7.54. The van der Waals surface area contributed by atoms with Crippen molar-refractivity contribution in [1.29, 1.82) is 0 Å². The molecule has 0 aliphatic heterocycles. The van der Waals surface area contributed by atoms with Gasteiger partial charge >= 0.3 is 10.2 Å². The summed E-state index contributed by atoms with van der Waals surface area (Å²) in [7, 11) is 0.225. The van der Waals surface area contributed by atoms with Crippen LogP contribution >= 0.6 is 0 Å². The van der Waals surface area contributed by atoms with Crippen LogP contribution in [0, 0.1) is 0 Å². The van der Waals surface area contributed by atoms with Gasteiger partial charge in [0.25, 0.3) is 0 Å². The second kappa shape index (κ2) is 11.6. The molecule has 6 nitrogen and oxygen atoms in total. The van der Waals surface area contributed by atoms with E-state index in [4.69, 9.17) is 4.74 Å². The third-order valence-electron chi connectivity index (χ3n) is 5.29. The lowest BCUT2D eigenvalue weighted by Crippen LogP contribution is -2.43. The molecular formula is C21H35N3O3S. The van der Waals surface area contributed by atoms with Crippen molar-refractivity contribution in [3.8, 4) is 0 Å². The molecule has 0 saturated heterocycles. The third-order valence-corrected chi connectivity index (χ3v) is 6.84. The van der Waals surface area contributed by atoms with Crippen LogP contribution in [-0.4, -0.2) is 63.6 Å². The maximum atomic E-state index is 12.6. The minimum atomic E-state index is -3.54. The second-order valence-electron chi connectivity index (χ2n) is 7.55. The van der Waals surface area contributed by atoms with Crippen LogP contribution in [0.5, 0.6) is 0 Å². The Morgan fingerprint density at radius 3 is 2.46 bits per heavy atom. The number of hydrogen-bond donors (Lipinski definition) is 1. The van der Waals surface area contributed by atoms with Crippen LogP contribution in [-0.2, 0) is 14.9 Å². The number of rotatable bonds is 12. The minimum Gasteiger partial charge on any atom is -0.378 e. The number of anilines is 1. The van der Waals surface area contributed by atoms with Gasteiger partial charge in [-0.1, -0.05) is 24.3 Å². The average Bonchev–Trinajstić information content (AvgIpc) is 2.68. The van der Waals surface area contributed by atoms with Gasteiger partial charge in [-0.2, -0.15) is 12.7 Å². The molecule has 1 aliphatic rings. The summed E-state index contributed by atoms with van der Waals surface area (Å²) in [6.07, 6.45) is 7.82. The summed E-state index contributed by atoms with van der Waals surface area (Å²) in [4.78, 5) is 2.25. The highest BCUT2D eigenvalue weighted by Crippen LogP contribution is 2.26. The van der Waals surface area contributed by atoms with E-state index in [2.05, 4.69) is 23.2 Å². The Morgan fingerprint density at radius 1 is 1.14 bits per heavy atom. The first kappa shape index (κ1) is 22.9. The Labute approximate surface area is 170 Å². The SMILES string of the molecule is C=CCN(C)CCCCOC1CCC(N(C)S(=O)(=O)Nc2ccccc2)CC1. The van der Waals surface area contributed by atoms with Gasteiger partial charge in [-0.05, 0) is 64.3 Å². The Kier molecular flexibility index (Phi) is 9.44. The Morgan fingerprint density at radius 2 is 1.82 bits per heavy atom. The zero-order chi connectivity index (χ0) is 20.4. The monoisotopic (exact) mass is 409 g/mol. The molecule has 0 unspecified atom stereocenters. The molecule has 1 aromatic rings. The topological polar surface area (TPSA) is 61.9 Å². The van der Waals surface area contributed by atoms with E-state index >= 15 is 0 Å². The summed E-state index contributed by atoms with van der Waals surface area (Å²) >= 11 is 0. The van der Waals surface area contributed by atoms with Crippen molar-refractivity contribution >= 4 is 15.9 Å². The molecule has 0 bridgehead atoms. The number of para-hydroxylation sites is 1. The molecule has 1 N–H and O–H groups in total. The summed E-state index contributed by atoms with van der Waals surface area (Å²) < 4.78 is 35.3. The van der Waals surface area contributed by atoms with E-state index in [0.717, 1.165) is 58.2 Å². The summed E-state index contributed by atoms with van der Waals surface area (Å²) in [6.45, 7) is 6.50. The molecule has 1 fully saturated rings. The summed E-state index contributed by atoms with van der Waals surface area (Å²) in [5, 5.41) is 0. The predicted octanol–water partition coefficient (Wildman–Crippen LogP) is 3.50. The molecule has 1 aliphatic carbocycles. The quantitative estimate of drug-likeness (QED) is 0.424. The summed E-state index contributed by atoms with van der Waals surface area (Å²) in [6, 6.07) is 9.03. The lowest BCUT2D eigenvalue weighted by Gasteiger charge is -2.34. The molecule has 28 heavy (non-hydrogen) atoms. The van der Waals surface area contributed by atoms with E-state index in [9.17, 15) is 8.42 Å². The molecular weight excluding hydrogens is 374 g/mol. The van der Waals surface area contributed by atoms with Crippen molar-refractivity contribution in [3.05, 3.63) is 43.0 Å². The van der Waals surface area contributed by atoms with Gasteiger partial charge in [0.15, 0.2) is 0 Å². The zero-order valence-electron chi connectivity index (χ0n) is 17.2. The Hall–Kier alpha value is -1.41. The molecule has 2 rings (SSSR count). The van der Waals surface area contributed by atoms with Crippen LogP contribution in [0.15, 0.2) is 43.0 Å². The van der Waals surface area contributed by atoms with Crippen molar-refractivity contribution in [3.63, 3.8) is 0 Å². The van der Waals surface area contributed by atoms with Gasteiger partial charge in [-0.3, -0.25) is 4.72 Å². The summed E-state index contributed by atoms with van der Waals surface area (Å²) in [5.74, 6) is 0. The van der Waals surface area contributed by atoms with Crippen LogP contribution in [0.25, 0.3) is 0 Å². The van der Waals surface area contributed by atoms with Gasteiger partial charge in [0.05, 0.1) is 6.10 Å². The van der Waals surface area contributed by atoms with Gasteiger partial charge in [0, 0.05) is 31.9 Å². The molecule has 1 saturated carbocycles. The first-order valence-corrected chi connectivity index (χ1v) is 11.6. The molecule has 1 aromatic carbocycles. The number of ether oxygens (including phenoxy) is 1. The van der Waals surface area contributed by atoms with Gasteiger partial charge in [-0.15, -0.1) is 6.58 Å². The van der Waals surface area contributed by atoms with Crippen LogP contribution in [0.4, 0.5) is 5.69 Å². The predicted molar refractivity (Wildman–Crippen MR) is 116 cm³/mol. The van der Waals surface area contributed by atoms with E-state index in [-0.39, 0.29) is 12.1 Å². The summed E-state index contributed by atoms with van der Waals surface area (Å²) in [5.41, 5.74) is 0.588. The zero-order valence-corrected chi connectivity index (χ0v) is 18.0. The number of nitrogens with one attached hydrogen (secondary N) is 1. The van der Waals surface area contributed by atoms with Crippen molar-refractivity contribution in [2.24, 2.45) is 0 Å². The lowest BCUT2D eigenvalue weighted by molar-refractivity contribution is 0.0153. The van der Waals surface area contributed by atoms with Crippen LogP contribution in [0.3, 0.4) is 0 Å². The van der Waals surface area contributed by atoms with E-state index in [1.165, 1.54) is 4.31 Å². The first-order valence-electron chi connectivity index (χ1n) is 10.1. The first-order chi connectivity index (χ1) is 13.4. The van der Waals surface area contributed by atoms with Crippen molar-refractivity contribution in [1.82, 2.24) is 9.21 Å². The Bertz CT molecular complexity index is 673. The van der Waals surface area contributed by atoms with E-state index < -0.39 is 10.2 Å². The fourth-order valence-electron chi connectivity index (χ4n) is 3.54. The maximum Gasteiger partial charge on any atom is 0.301 e. The van der Waals surface area contributed by atoms with Crippen molar-refractivity contribution in [2.75, 3.05) is 38.5 Å². The normalized spacial score (nSPS) is 20.4.